The molecule has 1 heteroatoms. The molecule has 0 aromatic rings. The predicted molar refractivity (Wildman–Crippen MR) is 54.2 cm³/mol. The van der Waals surface area contributed by atoms with E-state index in [-0.39, 0.29) is 5.41 Å². The largest absolute Gasteiger partial charge is 0.390 e. The second kappa shape index (κ2) is 3.78. The third-order valence-corrected chi connectivity index (χ3v) is 1.87. The van der Waals surface area contributed by atoms with Gasteiger partial charge >= 0.3 is 0 Å². The molecular formula is C11H24O. The van der Waals surface area contributed by atoms with Crippen LogP contribution in [0.15, 0.2) is 0 Å². The fourth-order valence-electron chi connectivity index (χ4n) is 2.35. The first-order valence-electron chi connectivity index (χ1n) is 4.85. The Hall–Kier alpha value is -0.0400. The van der Waals surface area contributed by atoms with Crippen molar-refractivity contribution in [3.63, 3.8) is 0 Å². The zero-order valence-electron chi connectivity index (χ0n) is 9.44. The molecule has 0 aromatic carbocycles. The van der Waals surface area contributed by atoms with Gasteiger partial charge in [-0.1, -0.05) is 27.7 Å². The Balaban J connectivity index is 4.04. The summed E-state index contributed by atoms with van der Waals surface area (Å²) in [5.74, 6) is 0.711. The molecule has 0 aromatic heterocycles. The molecule has 0 radical (unpaired) electrons. The highest BCUT2D eigenvalue weighted by Gasteiger charge is 2.27. The summed E-state index contributed by atoms with van der Waals surface area (Å²) in [6, 6.07) is 0. The quantitative estimate of drug-likeness (QED) is 0.690. The van der Waals surface area contributed by atoms with Crippen molar-refractivity contribution in [2.24, 2.45) is 11.3 Å². The van der Waals surface area contributed by atoms with Crippen LogP contribution in [-0.4, -0.2) is 10.7 Å². The average Bonchev–Trinajstić information content (AvgIpc) is 1.48. The van der Waals surface area contributed by atoms with E-state index in [0.717, 1.165) is 6.42 Å². The molecule has 0 saturated carbocycles. The number of rotatable bonds is 4. The predicted octanol–water partition coefficient (Wildman–Crippen LogP) is 3.22. The molecule has 0 bridgehead atoms. The van der Waals surface area contributed by atoms with Gasteiger partial charge in [0.05, 0.1) is 5.60 Å². The van der Waals surface area contributed by atoms with Crippen LogP contribution in [0.4, 0.5) is 0 Å². The SMILES string of the molecule is CC(C)CC(C)(C)CC(C)(C)O. The molecule has 0 unspecified atom stereocenters. The van der Waals surface area contributed by atoms with Gasteiger partial charge in [0.1, 0.15) is 0 Å². The normalized spacial score (nSPS) is 14.0. The van der Waals surface area contributed by atoms with E-state index >= 15 is 0 Å². The fraction of sp³-hybridized carbons (Fsp3) is 1.00. The molecule has 0 aliphatic carbocycles. The molecule has 0 aliphatic rings. The minimum absolute atomic E-state index is 0.256. The maximum atomic E-state index is 9.67. The van der Waals surface area contributed by atoms with Crippen LogP contribution in [0.3, 0.4) is 0 Å². The van der Waals surface area contributed by atoms with Gasteiger partial charge in [0.15, 0.2) is 0 Å². The maximum Gasteiger partial charge on any atom is 0.0596 e. The third kappa shape index (κ3) is 6.66. The van der Waals surface area contributed by atoms with Gasteiger partial charge in [-0.2, -0.15) is 0 Å². The molecule has 12 heavy (non-hydrogen) atoms. The van der Waals surface area contributed by atoms with Gasteiger partial charge in [-0.25, -0.2) is 0 Å². The Kier molecular flexibility index (Phi) is 3.77. The van der Waals surface area contributed by atoms with Crippen molar-refractivity contribution in [3.05, 3.63) is 0 Å². The molecular weight excluding hydrogens is 148 g/mol. The van der Waals surface area contributed by atoms with Crippen LogP contribution in [0.5, 0.6) is 0 Å². The molecule has 0 fully saturated rings. The topological polar surface area (TPSA) is 20.2 Å². The summed E-state index contributed by atoms with van der Waals surface area (Å²) < 4.78 is 0. The standard InChI is InChI=1S/C11H24O/c1-9(2)7-10(3,4)8-11(5,6)12/h9,12H,7-8H2,1-6H3. The monoisotopic (exact) mass is 172 g/mol. The van der Waals surface area contributed by atoms with Crippen molar-refractivity contribution in [2.45, 2.75) is 60.0 Å². The minimum Gasteiger partial charge on any atom is -0.390 e. The highest BCUT2D eigenvalue weighted by Crippen LogP contribution is 2.33. The smallest absolute Gasteiger partial charge is 0.0596 e. The highest BCUT2D eigenvalue weighted by atomic mass is 16.3. The summed E-state index contributed by atoms with van der Waals surface area (Å²) in [4.78, 5) is 0. The van der Waals surface area contributed by atoms with Gasteiger partial charge < -0.3 is 5.11 Å². The number of hydrogen-bond donors (Lipinski definition) is 1. The first kappa shape index (κ1) is 12.0. The summed E-state index contributed by atoms with van der Waals surface area (Å²) in [5.41, 5.74) is -0.273. The van der Waals surface area contributed by atoms with Gasteiger partial charge in [0.2, 0.25) is 0 Å². The summed E-state index contributed by atoms with van der Waals surface area (Å²) in [6.45, 7) is 12.7. The summed E-state index contributed by atoms with van der Waals surface area (Å²) in [7, 11) is 0. The zero-order valence-corrected chi connectivity index (χ0v) is 9.44. The van der Waals surface area contributed by atoms with Crippen molar-refractivity contribution in [1.29, 1.82) is 0 Å². The summed E-state index contributed by atoms with van der Waals surface area (Å²) in [6.07, 6.45) is 2.05. The van der Waals surface area contributed by atoms with Crippen molar-refractivity contribution in [2.75, 3.05) is 0 Å². The van der Waals surface area contributed by atoms with Crippen molar-refractivity contribution < 1.29 is 5.11 Å². The average molecular weight is 172 g/mol. The van der Waals surface area contributed by atoms with Gasteiger partial charge in [-0.05, 0) is 38.0 Å². The number of aliphatic hydroxyl groups is 1. The van der Waals surface area contributed by atoms with E-state index in [1.807, 2.05) is 13.8 Å². The van der Waals surface area contributed by atoms with E-state index < -0.39 is 5.60 Å². The van der Waals surface area contributed by atoms with Crippen LogP contribution in [0, 0.1) is 11.3 Å². The molecule has 1 nitrogen and oxygen atoms in total. The lowest BCUT2D eigenvalue weighted by Gasteiger charge is -2.32. The van der Waals surface area contributed by atoms with Gasteiger partial charge in [-0.3, -0.25) is 0 Å². The van der Waals surface area contributed by atoms with Crippen molar-refractivity contribution in [1.82, 2.24) is 0 Å². The Labute approximate surface area is 77.2 Å². The fourth-order valence-corrected chi connectivity index (χ4v) is 2.35. The minimum atomic E-state index is -0.529. The van der Waals surface area contributed by atoms with Crippen LogP contribution >= 0.6 is 0 Å². The lowest BCUT2D eigenvalue weighted by atomic mass is 9.76. The molecule has 74 valence electrons. The molecule has 1 N–H and O–H groups in total. The lowest BCUT2D eigenvalue weighted by molar-refractivity contribution is 0.0257. The molecule has 0 atom stereocenters. The van der Waals surface area contributed by atoms with Gasteiger partial charge in [0, 0.05) is 0 Å². The first-order chi connectivity index (χ1) is 5.12. The third-order valence-electron chi connectivity index (χ3n) is 1.87. The van der Waals surface area contributed by atoms with E-state index in [2.05, 4.69) is 27.7 Å². The van der Waals surface area contributed by atoms with Crippen molar-refractivity contribution in [3.8, 4) is 0 Å². The van der Waals surface area contributed by atoms with E-state index in [9.17, 15) is 5.11 Å². The zero-order chi connectivity index (χ0) is 9.99. The van der Waals surface area contributed by atoms with Crippen LogP contribution in [0.25, 0.3) is 0 Å². The molecule has 0 rings (SSSR count). The summed E-state index contributed by atoms with van der Waals surface area (Å²) >= 11 is 0. The first-order valence-corrected chi connectivity index (χ1v) is 4.85. The Bertz CT molecular complexity index is 128. The van der Waals surface area contributed by atoms with Gasteiger partial charge in [0.25, 0.3) is 0 Å². The van der Waals surface area contributed by atoms with E-state index in [0.29, 0.717) is 5.92 Å². The Morgan fingerprint density at radius 1 is 1.08 bits per heavy atom. The van der Waals surface area contributed by atoms with Crippen LogP contribution in [0.2, 0.25) is 0 Å². The van der Waals surface area contributed by atoms with Crippen LogP contribution in [0.1, 0.15) is 54.4 Å². The van der Waals surface area contributed by atoms with Crippen molar-refractivity contribution >= 4 is 0 Å². The molecule has 0 spiro atoms. The van der Waals surface area contributed by atoms with E-state index in [4.69, 9.17) is 0 Å². The van der Waals surface area contributed by atoms with E-state index in [1.165, 1.54) is 6.42 Å². The van der Waals surface area contributed by atoms with Crippen LogP contribution in [-0.2, 0) is 0 Å². The van der Waals surface area contributed by atoms with E-state index in [1.54, 1.807) is 0 Å². The highest BCUT2D eigenvalue weighted by molar-refractivity contribution is 4.79. The molecule has 0 amide bonds. The van der Waals surface area contributed by atoms with Gasteiger partial charge in [-0.15, -0.1) is 0 Å². The Morgan fingerprint density at radius 3 is 1.75 bits per heavy atom. The molecule has 0 saturated heterocycles. The lowest BCUT2D eigenvalue weighted by Crippen LogP contribution is -2.29. The second-order valence-corrected chi connectivity index (χ2v) is 5.75. The summed E-state index contributed by atoms with van der Waals surface area (Å²) in [5, 5.41) is 9.67. The Morgan fingerprint density at radius 2 is 1.50 bits per heavy atom. The second-order valence-electron chi connectivity index (χ2n) is 5.75. The molecule has 0 heterocycles. The van der Waals surface area contributed by atoms with Crippen LogP contribution < -0.4 is 0 Å². The molecule has 0 aliphatic heterocycles. The maximum absolute atomic E-state index is 9.67. The number of hydrogen-bond acceptors (Lipinski definition) is 1.